The fourth-order valence-electron chi connectivity index (χ4n) is 3.16. The number of piperidine rings is 1. The van der Waals surface area contributed by atoms with Crippen LogP contribution in [0.1, 0.15) is 30.4 Å². The summed E-state index contributed by atoms with van der Waals surface area (Å²) in [6.07, 6.45) is 4.24. The fraction of sp³-hybridized carbons (Fsp3) is 0.273. The zero-order valence-corrected chi connectivity index (χ0v) is 17.1. The van der Waals surface area contributed by atoms with Crippen LogP contribution in [-0.2, 0) is 14.8 Å². The quantitative estimate of drug-likeness (QED) is 0.602. The van der Waals surface area contributed by atoms with Crippen LogP contribution in [0.15, 0.2) is 59.0 Å². The smallest absolute Gasteiger partial charge is 0.266 e. The molecule has 1 amide bonds. The van der Waals surface area contributed by atoms with E-state index in [0.717, 1.165) is 30.4 Å². The average molecular weight is 410 g/mol. The lowest BCUT2D eigenvalue weighted by Crippen LogP contribution is -2.35. The number of nitrogens with one attached hydrogen (secondary N) is 1. The van der Waals surface area contributed by atoms with Gasteiger partial charge in [-0.25, -0.2) is 8.42 Å². The van der Waals surface area contributed by atoms with E-state index in [2.05, 4.69) is 5.32 Å². The van der Waals surface area contributed by atoms with Crippen molar-refractivity contribution in [3.8, 4) is 6.07 Å². The minimum absolute atomic E-state index is 0.0573. The molecule has 150 valence electrons. The molecule has 3 rings (SSSR count). The first kappa shape index (κ1) is 20.8. The Balaban J connectivity index is 1.79. The topological polar surface area (TPSA) is 90.3 Å². The Morgan fingerprint density at radius 3 is 2.45 bits per heavy atom. The number of benzene rings is 2. The van der Waals surface area contributed by atoms with Crippen LogP contribution >= 0.6 is 0 Å². The van der Waals surface area contributed by atoms with Crippen LogP contribution in [0, 0.1) is 18.3 Å². The number of amides is 1. The van der Waals surface area contributed by atoms with E-state index in [1.165, 1.54) is 22.5 Å². The highest BCUT2D eigenvalue weighted by Gasteiger charge is 2.26. The number of rotatable bonds is 5. The molecule has 1 fully saturated rings. The Labute approximate surface area is 171 Å². The van der Waals surface area contributed by atoms with Crippen LogP contribution in [-0.4, -0.2) is 31.7 Å². The summed E-state index contributed by atoms with van der Waals surface area (Å²) < 4.78 is 27.1. The second-order valence-electron chi connectivity index (χ2n) is 7.03. The first-order chi connectivity index (χ1) is 13.9. The zero-order chi connectivity index (χ0) is 20.9. The second kappa shape index (κ2) is 9.03. The average Bonchev–Trinajstić information content (AvgIpc) is 2.74. The summed E-state index contributed by atoms with van der Waals surface area (Å²) in [6, 6.07) is 15.5. The highest BCUT2D eigenvalue weighted by atomic mass is 32.2. The van der Waals surface area contributed by atoms with Crippen molar-refractivity contribution in [2.45, 2.75) is 31.1 Å². The van der Waals surface area contributed by atoms with Crippen molar-refractivity contribution in [2.75, 3.05) is 18.4 Å². The SMILES string of the molecule is Cc1ccc(/C=C(/C#N)C(=O)Nc2cccc(S(=O)(=O)N3CCCCC3)c2)cc1. The van der Waals surface area contributed by atoms with Crippen molar-refractivity contribution in [1.82, 2.24) is 4.31 Å². The molecule has 0 radical (unpaired) electrons. The Morgan fingerprint density at radius 2 is 1.79 bits per heavy atom. The van der Waals surface area contributed by atoms with Gasteiger partial charge in [-0.15, -0.1) is 0 Å². The van der Waals surface area contributed by atoms with E-state index in [0.29, 0.717) is 18.8 Å². The highest BCUT2D eigenvalue weighted by molar-refractivity contribution is 7.89. The van der Waals surface area contributed by atoms with Gasteiger partial charge in [-0.3, -0.25) is 4.79 Å². The molecule has 0 aliphatic carbocycles. The van der Waals surface area contributed by atoms with Crippen molar-refractivity contribution in [2.24, 2.45) is 0 Å². The first-order valence-corrected chi connectivity index (χ1v) is 10.9. The Morgan fingerprint density at radius 1 is 1.10 bits per heavy atom. The van der Waals surface area contributed by atoms with Gasteiger partial charge in [0.1, 0.15) is 11.6 Å². The molecule has 1 aliphatic rings. The molecule has 7 heteroatoms. The molecule has 2 aromatic carbocycles. The van der Waals surface area contributed by atoms with Crippen LogP contribution in [0.2, 0.25) is 0 Å². The van der Waals surface area contributed by atoms with Gasteiger partial charge in [0.2, 0.25) is 10.0 Å². The maximum atomic E-state index is 12.8. The van der Waals surface area contributed by atoms with Crippen LogP contribution in [0.25, 0.3) is 6.08 Å². The molecule has 1 aliphatic heterocycles. The lowest BCUT2D eigenvalue weighted by molar-refractivity contribution is -0.112. The first-order valence-electron chi connectivity index (χ1n) is 9.50. The normalized spacial score (nSPS) is 15.5. The summed E-state index contributed by atoms with van der Waals surface area (Å²) in [5.41, 5.74) is 2.09. The van der Waals surface area contributed by atoms with Crippen molar-refractivity contribution >= 4 is 27.7 Å². The number of aryl methyl sites for hydroxylation is 1. The predicted octanol–water partition coefficient (Wildman–Crippen LogP) is 3.72. The second-order valence-corrected chi connectivity index (χ2v) is 8.97. The molecule has 6 nitrogen and oxygen atoms in total. The Kier molecular flexibility index (Phi) is 6.47. The van der Waals surface area contributed by atoms with Gasteiger partial charge in [-0.1, -0.05) is 42.3 Å². The zero-order valence-electron chi connectivity index (χ0n) is 16.3. The van der Waals surface area contributed by atoms with Gasteiger partial charge < -0.3 is 5.32 Å². The van der Waals surface area contributed by atoms with Crippen molar-refractivity contribution < 1.29 is 13.2 Å². The summed E-state index contributed by atoms with van der Waals surface area (Å²) in [5, 5.41) is 12.0. The van der Waals surface area contributed by atoms with Crippen molar-refractivity contribution in [3.05, 3.63) is 65.2 Å². The van der Waals surface area contributed by atoms with E-state index in [1.54, 1.807) is 12.1 Å². The summed E-state index contributed by atoms with van der Waals surface area (Å²) in [7, 11) is -3.60. The minimum atomic E-state index is -3.60. The number of sulfonamides is 1. The third kappa shape index (κ3) is 5.11. The van der Waals surface area contributed by atoms with Gasteiger partial charge in [0, 0.05) is 18.8 Å². The molecule has 0 atom stereocenters. The number of hydrogen-bond acceptors (Lipinski definition) is 4. The van der Waals surface area contributed by atoms with E-state index < -0.39 is 15.9 Å². The Bertz CT molecular complexity index is 1060. The summed E-state index contributed by atoms with van der Waals surface area (Å²) >= 11 is 0. The number of carbonyl (C=O) groups excluding carboxylic acids is 1. The van der Waals surface area contributed by atoms with E-state index >= 15 is 0 Å². The maximum absolute atomic E-state index is 12.8. The third-order valence-corrected chi connectivity index (χ3v) is 6.69. The number of carbonyl (C=O) groups is 1. The number of nitriles is 1. The van der Waals surface area contributed by atoms with Gasteiger partial charge in [0.15, 0.2) is 0 Å². The molecular weight excluding hydrogens is 386 g/mol. The fourth-order valence-corrected chi connectivity index (χ4v) is 4.73. The van der Waals surface area contributed by atoms with E-state index in [9.17, 15) is 18.5 Å². The van der Waals surface area contributed by atoms with E-state index in [-0.39, 0.29) is 10.5 Å². The standard InChI is InChI=1S/C22H23N3O3S/c1-17-8-10-18(11-9-17)14-19(16-23)22(26)24-20-6-5-7-21(15-20)29(27,28)25-12-3-2-4-13-25/h5-11,14-15H,2-4,12-13H2,1H3,(H,24,26)/b19-14-. The number of anilines is 1. The number of hydrogen-bond donors (Lipinski definition) is 1. The molecule has 0 unspecified atom stereocenters. The minimum Gasteiger partial charge on any atom is -0.321 e. The highest BCUT2D eigenvalue weighted by Crippen LogP contribution is 2.23. The van der Waals surface area contributed by atoms with Gasteiger partial charge in [-0.05, 0) is 49.6 Å². The molecule has 1 N–H and O–H groups in total. The van der Waals surface area contributed by atoms with Crippen LogP contribution < -0.4 is 5.32 Å². The lowest BCUT2D eigenvalue weighted by Gasteiger charge is -2.26. The Hall–Kier alpha value is -2.95. The maximum Gasteiger partial charge on any atom is 0.266 e. The van der Waals surface area contributed by atoms with Gasteiger partial charge in [0.25, 0.3) is 5.91 Å². The van der Waals surface area contributed by atoms with Crippen molar-refractivity contribution in [1.29, 1.82) is 5.26 Å². The van der Waals surface area contributed by atoms with E-state index in [4.69, 9.17) is 0 Å². The van der Waals surface area contributed by atoms with Crippen LogP contribution in [0.4, 0.5) is 5.69 Å². The van der Waals surface area contributed by atoms with Crippen molar-refractivity contribution in [3.63, 3.8) is 0 Å². The molecule has 2 aromatic rings. The molecule has 1 heterocycles. The monoisotopic (exact) mass is 409 g/mol. The summed E-state index contributed by atoms with van der Waals surface area (Å²) in [5.74, 6) is -0.583. The van der Waals surface area contributed by atoms with Gasteiger partial charge >= 0.3 is 0 Å². The third-order valence-electron chi connectivity index (χ3n) is 4.80. The molecular formula is C22H23N3O3S. The van der Waals surface area contributed by atoms with Gasteiger partial charge in [-0.2, -0.15) is 9.57 Å². The summed E-state index contributed by atoms with van der Waals surface area (Å²) in [6.45, 7) is 2.98. The van der Waals surface area contributed by atoms with E-state index in [1.807, 2.05) is 37.3 Å². The summed E-state index contributed by atoms with van der Waals surface area (Å²) in [4.78, 5) is 12.7. The lowest BCUT2D eigenvalue weighted by atomic mass is 10.1. The molecule has 1 saturated heterocycles. The largest absolute Gasteiger partial charge is 0.321 e. The van der Waals surface area contributed by atoms with Crippen LogP contribution in [0.3, 0.4) is 0 Å². The van der Waals surface area contributed by atoms with Crippen LogP contribution in [0.5, 0.6) is 0 Å². The molecule has 0 bridgehead atoms. The molecule has 0 spiro atoms. The molecule has 0 aromatic heterocycles. The number of nitrogens with zero attached hydrogens (tertiary/aromatic N) is 2. The van der Waals surface area contributed by atoms with Gasteiger partial charge in [0.05, 0.1) is 4.90 Å². The molecule has 29 heavy (non-hydrogen) atoms. The predicted molar refractivity (Wildman–Crippen MR) is 112 cm³/mol. The molecule has 0 saturated carbocycles.